The van der Waals surface area contributed by atoms with Crippen molar-refractivity contribution >= 4 is 29.5 Å². The lowest BCUT2D eigenvalue weighted by atomic mass is 10.1. The molecule has 0 bridgehead atoms. The molecule has 1 heterocycles. The van der Waals surface area contributed by atoms with E-state index < -0.39 is 6.09 Å². The Morgan fingerprint density at radius 2 is 1.79 bits per heavy atom. The van der Waals surface area contributed by atoms with Crippen LogP contribution in [0.1, 0.15) is 23.7 Å². The summed E-state index contributed by atoms with van der Waals surface area (Å²) in [4.78, 5) is 26.1. The third kappa shape index (κ3) is 7.23. The summed E-state index contributed by atoms with van der Waals surface area (Å²) in [5.41, 5.74) is 3.01. The molecule has 9 heteroatoms. The summed E-state index contributed by atoms with van der Waals surface area (Å²) in [7, 11) is 0. The Balaban J connectivity index is 1.37. The van der Waals surface area contributed by atoms with E-state index in [1.165, 1.54) is 6.07 Å². The Morgan fingerprint density at radius 3 is 2.55 bits per heavy atom. The van der Waals surface area contributed by atoms with Crippen LogP contribution in [0.5, 0.6) is 0 Å². The van der Waals surface area contributed by atoms with Crippen molar-refractivity contribution in [1.29, 1.82) is 0 Å². The molecular formula is C29H27FN2O5S. The van der Waals surface area contributed by atoms with Crippen molar-refractivity contribution in [2.45, 2.75) is 36.5 Å². The highest BCUT2D eigenvalue weighted by Crippen LogP contribution is 2.34. The van der Waals surface area contributed by atoms with Crippen LogP contribution >= 0.6 is 11.8 Å². The number of carbonyl (C=O) groups excluding carboxylic acids is 2. The predicted molar refractivity (Wildman–Crippen MR) is 143 cm³/mol. The highest BCUT2D eigenvalue weighted by Gasteiger charge is 2.18. The number of rotatable bonds is 10. The number of ether oxygens (including phenoxy) is 2. The molecule has 196 valence electrons. The molecule has 0 saturated heterocycles. The summed E-state index contributed by atoms with van der Waals surface area (Å²) in [5, 5.41) is 6.67. The lowest BCUT2D eigenvalue weighted by Gasteiger charge is -2.09. The van der Waals surface area contributed by atoms with E-state index in [4.69, 9.17) is 14.0 Å². The molecule has 0 aliphatic rings. The standard InChI is InChI=1S/C29H27FN2O5S/c1-3-35-26(33)18-20-7-6-9-24(17-20)38-23-13-11-22(12-14-23)28-27(19(2)32-37-28)31-29(34)36-16-15-21-8-4-5-10-25(21)30/h4-14,17H,3,15-16,18H2,1-2H3,(H,31,34). The first-order chi connectivity index (χ1) is 18.4. The summed E-state index contributed by atoms with van der Waals surface area (Å²) in [6.07, 6.45) is -0.183. The molecule has 0 atom stereocenters. The molecule has 0 unspecified atom stereocenters. The van der Waals surface area contributed by atoms with Crippen molar-refractivity contribution in [1.82, 2.24) is 5.16 Å². The van der Waals surface area contributed by atoms with Gasteiger partial charge in [0.05, 0.1) is 19.6 Å². The van der Waals surface area contributed by atoms with Gasteiger partial charge in [0.1, 0.15) is 17.2 Å². The second-order valence-electron chi connectivity index (χ2n) is 8.33. The average molecular weight is 535 g/mol. The van der Waals surface area contributed by atoms with Crippen LogP contribution in [0.4, 0.5) is 14.9 Å². The van der Waals surface area contributed by atoms with Gasteiger partial charge in [0.2, 0.25) is 0 Å². The maximum Gasteiger partial charge on any atom is 0.411 e. The highest BCUT2D eigenvalue weighted by molar-refractivity contribution is 7.99. The van der Waals surface area contributed by atoms with Gasteiger partial charge in [-0.1, -0.05) is 47.3 Å². The van der Waals surface area contributed by atoms with Crippen molar-refractivity contribution < 1.29 is 28.0 Å². The van der Waals surface area contributed by atoms with E-state index in [1.54, 1.807) is 43.8 Å². The number of anilines is 1. The van der Waals surface area contributed by atoms with Crippen LogP contribution in [0.2, 0.25) is 0 Å². The van der Waals surface area contributed by atoms with E-state index >= 15 is 0 Å². The Kier molecular flexibility index (Phi) is 9.16. The summed E-state index contributed by atoms with van der Waals surface area (Å²) in [6, 6.07) is 21.7. The van der Waals surface area contributed by atoms with Gasteiger partial charge < -0.3 is 14.0 Å². The number of nitrogens with one attached hydrogen (secondary N) is 1. The number of hydrogen-bond acceptors (Lipinski definition) is 7. The molecule has 0 fully saturated rings. The van der Waals surface area contributed by atoms with E-state index in [2.05, 4.69) is 10.5 Å². The quantitative estimate of drug-likeness (QED) is 0.223. The Hall–Kier alpha value is -4.11. The number of carbonyl (C=O) groups is 2. The maximum atomic E-state index is 13.8. The topological polar surface area (TPSA) is 90.7 Å². The van der Waals surface area contributed by atoms with Gasteiger partial charge in [-0.15, -0.1) is 0 Å². The first-order valence-electron chi connectivity index (χ1n) is 12.1. The van der Waals surface area contributed by atoms with Crippen LogP contribution in [0.25, 0.3) is 11.3 Å². The fraction of sp³-hybridized carbons (Fsp3) is 0.207. The van der Waals surface area contributed by atoms with Crippen LogP contribution in [-0.4, -0.2) is 30.4 Å². The van der Waals surface area contributed by atoms with Crippen LogP contribution in [0, 0.1) is 12.7 Å². The number of aromatic nitrogens is 1. The average Bonchev–Trinajstić information content (AvgIpc) is 3.25. The molecule has 3 aromatic carbocycles. The fourth-order valence-electron chi connectivity index (χ4n) is 3.71. The summed E-state index contributed by atoms with van der Waals surface area (Å²) in [5.74, 6) is -0.180. The van der Waals surface area contributed by atoms with Crippen LogP contribution in [0.15, 0.2) is 87.1 Å². The third-order valence-electron chi connectivity index (χ3n) is 5.56. The van der Waals surface area contributed by atoms with Gasteiger partial charge in [-0.05, 0) is 67.4 Å². The molecule has 38 heavy (non-hydrogen) atoms. The largest absolute Gasteiger partial charge is 0.466 e. The summed E-state index contributed by atoms with van der Waals surface area (Å²) in [6.45, 7) is 3.89. The smallest absolute Gasteiger partial charge is 0.411 e. The van der Waals surface area contributed by atoms with Gasteiger partial charge in [0, 0.05) is 21.8 Å². The number of hydrogen-bond donors (Lipinski definition) is 1. The lowest BCUT2D eigenvalue weighted by Crippen LogP contribution is -2.16. The molecule has 4 aromatic rings. The van der Waals surface area contributed by atoms with Gasteiger partial charge >= 0.3 is 12.1 Å². The van der Waals surface area contributed by atoms with Crippen molar-refractivity contribution in [3.05, 3.63) is 95.4 Å². The Labute approximate surface area is 224 Å². The van der Waals surface area contributed by atoms with Gasteiger partial charge in [-0.3, -0.25) is 10.1 Å². The van der Waals surface area contributed by atoms with Crippen LogP contribution in [-0.2, 0) is 27.1 Å². The summed E-state index contributed by atoms with van der Waals surface area (Å²) < 4.78 is 29.5. The third-order valence-corrected chi connectivity index (χ3v) is 6.55. The molecule has 0 aliphatic carbocycles. The molecular weight excluding hydrogens is 507 g/mol. The molecule has 0 radical (unpaired) electrons. The summed E-state index contributed by atoms with van der Waals surface area (Å²) >= 11 is 1.56. The molecule has 0 aliphatic heterocycles. The van der Waals surface area contributed by atoms with Crippen LogP contribution in [0.3, 0.4) is 0 Å². The van der Waals surface area contributed by atoms with Crippen molar-refractivity contribution in [2.75, 3.05) is 18.5 Å². The monoisotopic (exact) mass is 534 g/mol. The zero-order valence-electron chi connectivity index (χ0n) is 21.0. The van der Waals surface area contributed by atoms with E-state index in [9.17, 15) is 14.0 Å². The van der Waals surface area contributed by atoms with Crippen molar-refractivity contribution in [3.63, 3.8) is 0 Å². The molecule has 1 amide bonds. The fourth-order valence-corrected chi connectivity index (χ4v) is 4.62. The second-order valence-corrected chi connectivity index (χ2v) is 9.48. The van der Waals surface area contributed by atoms with Gasteiger partial charge in [-0.2, -0.15) is 0 Å². The maximum absolute atomic E-state index is 13.8. The molecule has 1 N–H and O–H groups in total. The lowest BCUT2D eigenvalue weighted by molar-refractivity contribution is -0.142. The SMILES string of the molecule is CCOC(=O)Cc1cccc(Sc2ccc(-c3onc(C)c3NC(=O)OCCc3ccccc3F)cc2)c1. The van der Waals surface area contributed by atoms with Gasteiger partial charge in [0.15, 0.2) is 5.76 Å². The van der Waals surface area contributed by atoms with E-state index in [0.717, 1.165) is 20.9 Å². The minimum Gasteiger partial charge on any atom is -0.466 e. The Morgan fingerprint density at radius 1 is 1.00 bits per heavy atom. The number of amides is 1. The zero-order valence-corrected chi connectivity index (χ0v) is 21.8. The van der Waals surface area contributed by atoms with E-state index in [1.807, 2.05) is 48.5 Å². The molecule has 7 nitrogen and oxygen atoms in total. The zero-order chi connectivity index (χ0) is 26.9. The first-order valence-corrected chi connectivity index (χ1v) is 12.9. The predicted octanol–water partition coefficient (Wildman–Crippen LogP) is 6.84. The minimum atomic E-state index is -0.677. The molecule has 1 aromatic heterocycles. The highest BCUT2D eigenvalue weighted by atomic mass is 32.2. The molecule has 0 saturated carbocycles. The second kappa shape index (κ2) is 12.9. The number of nitrogens with zero attached hydrogens (tertiary/aromatic N) is 1. The number of benzene rings is 3. The number of aryl methyl sites for hydroxylation is 1. The molecule has 0 spiro atoms. The van der Waals surface area contributed by atoms with Gasteiger partial charge in [-0.25, -0.2) is 9.18 Å². The van der Waals surface area contributed by atoms with Gasteiger partial charge in [0.25, 0.3) is 0 Å². The van der Waals surface area contributed by atoms with E-state index in [-0.39, 0.29) is 31.2 Å². The first kappa shape index (κ1) is 26.9. The normalized spacial score (nSPS) is 10.7. The van der Waals surface area contributed by atoms with Crippen LogP contribution < -0.4 is 5.32 Å². The van der Waals surface area contributed by atoms with E-state index in [0.29, 0.717) is 29.3 Å². The minimum absolute atomic E-state index is 0.0271. The number of halogens is 1. The van der Waals surface area contributed by atoms with Crippen molar-refractivity contribution in [2.24, 2.45) is 0 Å². The molecule has 4 rings (SSSR count). The van der Waals surface area contributed by atoms with Crippen molar-refractivity contribution in [3.8, 4) is 11.3 Å². The number of esters is 1. The Bertz CT molecular complexity index is 1400.